The van der Waals surface area contributed by atoms with Crippen molar-refractivity contribution < 1.29 is 19.4 Å². The summed E-state index contributed by atoms with van der Waals surface area (Å²) in [6.45, 7) is 0. The van der Waals surface area contributed by atoms with Crippen molar-refractivity contribution in [2.24, 2.45) is 0 Å². The van der Waals surface area contributed by atoms with E-state index in [0.29, 0.717) is 16.9 Å². The number of phenols is 1. The molecule has 4 heteroatoms. The first-order chi connectivity index (χ1) is 20.2. The summed E-state index contributed by atoms with van der Waals surface area (Å²) < 4.78 is 13.7. The van der Waals surface area contributed by atoms with Gasteiger partial charge in [0.2, 0.25) is 0 Å². The maximum absolute atomic E-state index is 13.8. The van der Waals surface area contributed by atoms with Crippen LogP contribution in [-0.2, 0) is 0 Å². The molecule has 2 aliphatic carbocycles. The molecule has 0 aliphatic heterocycles. The van der Waals surface area contributed by atoms with Crippen LogP contribution in [0.3, 0.4) is 0 Å². The number of ketones is 1. The van der Waals surface area contributed by atoms with Crippen LogP contribution in [0.25, 0.3) is 0 Å². The number of aromatic hydroxyl groups is 1. The predicted octanol–water partition coefficient (Wildman–Crippen LogP) is 10.7. The molecule has 0 unspecified atom stereocenters. The lowest BCUT2D eigenvalue weighted by molar-refractivity contribution is 0.102. The van der Waals surface area contributed by atoms with Crippen molar-refractivity contribution in [2.45, 2.75) is 153 Å². The Hall–Kier alpha value is -2.49. The lowest BCUT2D eigenvalue weighted by Gasteiger charge is -2.26. The van der Waals surface area contributed by atoms with Crippen molar-refractivity contribution in [3.8, 4) is 17.2 Å². The first-order valence-corrected chi connectivity index (χ1v) is 17.0. The fourth-order valence-electron chi connectivity index (χ4n) is 6.51. The molecule has 1 N–H and O–H groups in total. The molecular formula is C37H54O4. The van der Waals surface area contributed by atoms with Crippen molar-refractivity contribution in [3.63, 3.8) is 0 Å². The first kappa shape index (κ1) is 31.4. The molecule has 2 saturated carbocycles. The molecule has 2 aromatic rings. The highest BCUT2D eigenvalue weighted by Crippen LogP contribution is 2.37. The monoisotopic (exact) mass is 562 g/mol. The third-order valence-electron chi connectivity index (χ3n) is 9.04. The number of benzene rings is 2. The minimum absolute atomic E-state index is 0.0850. The molecule has 41 heavy (non-hydrogen) atoms. The highest BCUT2D eigenvalue weighted by Gasteiger charge is 2.24. The molecular weight excluding hydrogens is 508 g/mol. The first-order valence-electron chi connectivity index (χ1n) is 17.0. The second-order valence-corrected chi connectivity index (χ2v) is 12.5. The number of carbonyl (C=O) groups excluding carboxylic acids is 1. The van der Waals surface area contributed by atoms with E-state index < -0.39 is 0 Å². The van der Waals surface area contributed by atoms with E-state index >= 15 is 0 Å². The molecule has 0 aromatic heterocycles. The molecule has 0 amide bonds. The summed E-state index contributed by atoms with van der Waals surface area (Å²) in [5.41, 5.74) is 1.11. The van der Waals surface area contributed by atoms with Gasteiger partial charge >= 0.3 is 0 Å². The van der Waals surface area contributed by atoms with Crippen molar-refractivity contribution in [2.75, 3.05) is 0 Å². The van der Waals surface area contributed by atoms with Crippen LogP contribution in [0.4, 0.5) is 0 Å². The average Bonchev–Trinajstić information content (AvgIpc) is 2.96. The normalized spacial score (nSPS) is 20.0. The number of rotatable bonds is 6. The Labute approximate surface area is 249 Å². The van der Waals surface area contributed by atoms with Crippen LogP contribution in [0.2, 0.25) is 0 Å². The quantitative estimate of drug-likeness (QED) is 0.356. The van der Waals surface area contributed by atoms with E-state index in [1.807, 2.05) is 18.2 Å². The molecule has 2 aliphatic rings. The van der Waals surface area contributed by atoms with Gasteiger partial charge in [0.25, 0.3) is 0 Å². The average molecular weight is 563 g/mol. The zero-order valence-electron chi connectivity index (χ0n) is 25.4. The molecule has 0 heterocycles. The van der Waals surface area contributed by atoms with Crippen molar-refractivity contribution in [1.29, 1.82) is 0 Å². The Morgan fingerprint density at radius 2 is 0.951 bits per heavy atom. The maximum Gasteiger partial charge on any atom is 0.196 e. The van der Waals surface area contributed by atoms with Gasteiger partial charge in [-0.1, -0.05) is 96.0 Å². The van der Waals surface area contributed by atoms with E-state index in [1.54, 1.807) is 24.3 Å². The Kier molecular flexibility index (Phi) is 13.9. The van der Waals surface area contributed by atoms with Crippen LogP contribution < -0.4 is 9.47 Å². The van der Waals surface area contributed by atoms with E-state index in [1.165, 1.54) is 103 Å². The van der Waals surface area contributed by atoms with E-state index in [-0.39, 0.29) is 23.7 Å². The minimum Gasteiger partial charge on any atom is -0.508 e. The van der Waals surface area contributed by atoms with Gasteiger partial charge in [0, 0.05) is 5.56 Å². The number of phenolic OH excluding ortho intramolecular Hbond substituents is 1. The van der Waals surface area contributed by atoms with Crippen LogP contribution in [0.5, 0.6) is 17.2 Å². The Balaban J connectivity index is 1.58. The summed E-state index contributed by atoms with van der Waals surface area (Å²) in [6.07, 6.45) is 27.5. The summed E-state index contributed by atoms with van der Waals surface area (Å²) in [4.78, 5) is 13.8. The van der Waals surface area contributed by atoms with Crippen LogP contribution in [0.15, 0.2) is 42.5 Å². The fraction of sp³-hybridized carbons (Fsp3) is 0.649. The summed E-state index contributed by atoms with van der Waals surface area (Å²) >= 11 is 0. The van der Waals surface area contributed by atoms with Gasteiger partial charge in [-0.3, -0.25) is 4.79 Å². The zero-order chi connectivity index (χ0) is 28.5. The van der Waals surface area contributed by atoms with Gasteiger partial charge in [0.05, 0.1) is 17.8 Å². The maximum atomic E-state index is 13.8. The smallest absolute Gasteiger partial charge is 0.196 e. The summed E-state index contributed by atoms with van der Waals surface area (Å²) in [6, 6.07) is 12.4. The highest BCUT2D eigenvalue weighted by molar-refractivity contribution is 6.11. The van der Waals surface area contributed by atoms with Crippen LogP contribution in [0.1, 0.15) is 157 Å². The van der Waals surface area contributed by atoms with E-state index in [2.05, 4.69) is 0 Å². The standard InChI is InChI=1S/C37H54O4/c38-31-28-26-30(27-29-31)36(39)34-24-19-25-35(40-32-20-15-11-7-3-1-4-8-12-16-21-32)37(34)41-33-22-17-13-9-5-2-6-10-14-18-23-33/h19,24-29,32-33,38H,1-18,20-23H2. The highest BCUT2D eigenvalue weighted by atomic mass is 16.5. The molecule has 0 radical (unpaired) electrons. The number of hydrogen-bond acceptors (Lipinski definition) is 4. The second-order valence-electron chi connectivity index (χ2n) is 12.5. The Bertz CT molecular complexity index is 990. The second kappa shape index (κ2) is 18.1. The van der Waals surface area contributed by atoms with Crippen LogP contribution in [-0.4, -0.2) is 23.1 Å². The van der Waals surface area contributed by atoms with Gasteiger partial charge in [0.1, 0.15) is 5.75 Å². The number of carbonyl (C=O) groups is 1. The third kappa shape index (κ3) is 11.0. The van der Waals surface area contributed by atoms with Crippen molar-refractivity contribution >= 4 is 5.78 Å². The number of para-hydroxylation sites is 1. The summed E-state index contributed by atoms with van der Waals surface area (Å²) in [5.74, 6) is 1.41. The molecule has 2 fully saturated rings. The zero-order valence-corrected chi connectivity index (χ0v) is 25.4. The van der Waals surface area contributed by atoms with Crippen LogP contribution >= 0.6 is 0 Å². The molecule has 0 saturated heterocycles. The predicted molar refractivity (Wildman–Crippen MR) is 168 cm³/mol. The SMILES string of the molecule is O=C(c1ccc(O)cc1)c1cccc(OC2CCCCCCCCCCC2)c1OC1CCCCCCCCCCC1. The van der Waals surface area contributed by atoms with Gasteiger partial charge in [-0.05, 0) is 87.8 Å². The molecule has 4 nitrogen and oxygen atoms in total. The molecule has 226 valence electrons. The van der Waals surface area contributed by atoms with E-state index in [0.717, 1.165) is 44.3 Å². The van der Waals surface area contributed by atoms with Gasteiger partial charge in [0.15, 0.2) is 17.3 Å². The largest absolute Gasteiger partial charge is 0.508 e. The van der Waals surface area contributed by atoms with Gasteiger partial charge < -0.3 is 14.6 Å². The number of ether oxygens (including phenoxy) is 2. The van der Waals surface area contributed by atoms with Crippen molar-refractivity contribution in [3.05, 3.63) is 53.6 Å². The van der Waals surface area contributed by atoms with Gasteiger partial charge in [-0.15, -0.1) is 0 Å². The summed E-state index contributed by atoms with van der Waals surface area (Å²) in [5, 5.41) is 9.79. The Morgan fingerprint density at radius 3 is 1.41 bits per heavy atom. The van der Waals surface area contributed by atoms with Crippen molar-refractivity contribution in [1.82, 2.24) is 0 Å². The lowest BCUT2D eigenvalue weighted by Crippen LogP contribution is -2.22. The topological polar surface area (TPSA) is 55.8 Å². The van der Waals surface area contributed by atoms with Crippen LogP contribution in [0, 0.1) is 0 Å². The van der Waals surface area contributed by atoms with E-state index in [4.69, 9.17) is 9.47 Å². The molecule has 2 aromatic carbocycles. The minimum atomic E-state index is -0.0858. The number of hydrogen-bond donors (Lipinski definition) is 1. The Morgan fingerprint density at radius 1 is 0.537 bits per heavy atom. The lowest BCUT2D eigenvalue weighted by atomic mass is 9.98. The van der Waals surface area contributed by atoms with E-state index in [9.17, 15) is 9.90 Å². The third-order valence-corrected chi connectivity index (χ3v) is 9.04. The van der Waals surface area contributed by atoms with Gasteiger partial charge in [-0.25, -0.2) is 0 Å². The summed E-state index contributed by atoms with van der Waals surface area (Å²) in [7, 11) is 0. The molecule has 0 bridgehead atoms. The van der Waals surface area contributed by atoms with Gasteiger partial charge in [-0.2, -0.15) is 0 Å². The molecule has 4 rings (SSSR count). The molecule has 0 spiro atoms. The molecule has 0 atom stereocenters. The fourth-order valence-corrected chi connectivity index (χ4v) is 6.51.